The maximum Gasteiger partial charge on any atom is 0.436 e. The van der Waals surface area contributed by atoms with Crippen LogP contribution in [0.15, 0.2) is 10.7 Å². The SMILES string of the molecule is O=C(CN1CCN(c2nc(C(F)(F)F)co2)CC1)N1CCCC1. The van der Waals surface area contributed by atoms with Gasteiger partial charge in [-0.05, 0) is 12.8 Å². The van der Waals surface area contributed by atoms with E-state index >= 15 is 0 Å². The van der Waals surface area contributed by atoms with Crippen molar-refractivity contribution in [1.29, 1.82) is 0 Å². The number of carbonyl (C=O) groups excluding carboxylic acids is 1. The Hall–Kier alpha value is -1.77. The second-order valence-electron chi connectivity index (χ2n) is 5.86. The van der Waals surface area contributed by atoms with E-state index in [4.69, 9.17) is 4.42 Å². The monoisotopic (exact) mass is 332 g/mol. The van der Waals surface area contributed by atoms with Crippen molar-refractivity contribution in [2.75, 3.05) is 50.7 Å². The van der Waals surface area contributed by atoms with Gasteiger partial charge in [0.1, 0.15) is 6.26 Å². The molecule has 3 heterocycles. The van der Waals surface area contributed by atoms with Crippen molar-refractivity contribution in [3.8, 4) is 0 Å². The molecule has 9 heteroatoms. The predicted octanol–water partition coefficient (Wildman–Crippen LogP) is 1.44. The van der Waals surface area contributed by atoms with Crippen molar-refractivity contribution in [3.63, 3.8) is 0 Å². The van der Waals surface area contributed by atoms with Gasteiger partial charge in [-0.25, -0.2) is 0 Å². The minimum Gasteiger partial charge on any atom is -0.431 e. The van der Waals surface area contributed by atoms with Crippen LogP contribution in [0.2, 0.25) is 0 Å². The number of halogens is 3. The maximum absolute atomic E-state index is 12.5. The van der Waals surface area contributed by atoms with Gasteiger partial charge in [-0.1, -0.05) is 0 Å². The van der Waals surface area contributed by atoms with Crippen LogP contribution in [-0.2, 0) is 11.0 Å². The first-order valence-corrected chi connectivity index (χ1v) is 7.71. The molecule has 0 saturated carbocycles. The number of oxazole rings is 1. The summed E-state index contributed by atoms with van der Waals surface area (Å²) in [5.41, 5.74) is -1.01. The summed E-state index contributed by atoms with van der Waals surface area (Å²) < 4.78 is 42.5. The van der Waals surface area contributed by atoms with Crippen LogP contribution in [-0.4, -0.2) is 66.5 Å². The van der Waals surface area contributed by atoms with Crippen LogP contribution in [0, 0.1) is 0 Å². The molecule has 2 saturated heterocycles. The quantitative estimate of drug-likeness (QED) is 0.838. The summed E-state index contributed by atoms with van der Waals surface area (Å²) >= 11 is 0. The molecule has 0 aliphatic carbocycles. The Morgan fingerprint density at radius 1 is 1.13 bits per heavy atom. The number of piperazine rings is 1. The number of amides is 1. The number of likely N-dealkylation sites (tertiary alicyclic amines) is 1. The van der Waals surface area contributed by atoms with Crippen molar-refractivity contribution in [2.24, 2.45) is 0 Å². The molecule has 2 fully saturated rings. The van der Waals surface area contributed by atoms with Crippen LogP contribution >= 0.6 is 0 Å². The molecule has 0 N–H and O–H groups in total. The lowest BCUT2D eigenvalue weighted by molar-refractivity contribution is -0.141. The van der Waals surface area contributed by atoms with E-state index in [0.717, 1.165) is 25.9 Å². The minimum absolute atomic E-state index is 0.0113. The van der Waals surface area contributed by atoms with Crippen LogP contribution < -0.4 is 4.90 Å². The van der Waals surface area contributed by atoms with Crippen LogP contribution in [0.1, 0.15) is 18.5 Å². The van der Waals surface area contributed by atoms with E-state index in [1.165, 1.54) is 0 Å². The molecule has 0 unspecified atom stereocenters. The third-order valence-corrected chi connectivity index (χ3v) is 4.24. The zero-order chi connectivity index (χ0) is 16.4. The van der Waals surface area contributed by atoms with E-state index < -0.39 is 11.9 Å². The molecule has 2 aliphatic heterocycles. The Balaban J connectivity index is 1.50. The van der Waals surface area contributed by atoms with Crippen LogP contribution in [0.25, 0.3) is 0 Å². The van der Waals surface area contributed by atoms with E-state index in [2.05, 4.69) is 4.98 Å². The molecule has 1 aromatic rings. The largest absolute Gasteiger partial charge is 0.436 e. The molecular weight excluding hydrogens is 313 g/mol. The molecule has 1 aromatic heterocycles. The number of carbonyl (C=O) groups is 1. The summed E-state index contributed by atoms with van der Waals surface area (Å²) in [5, 5.41) is 0. The van der Waals surface area contributed by atoms with E-state index in [1.54, 1.807) is 4.90 Å². The zero-order valence-electron chi connectivity index (χ0n) is 12.7. The smallest absolute Gasteiger partial charge is 0.431 e. The Morgan fingerprint density at radius 3 is 2.35 bits per heavy atom. The van der Waals surface area contributed by atoms with Gasteiger partial charge in [0.05, 0.1) is 6.54 Å². The van der Waals surface area contributed by atoms with Gasteiger partial charge >= 0.3 is 6.18 Å². The summed E-state index contributed by atoms with van der Waals surface area (Å²) in [6, 6.07) is -0.0113. The number of alkyl halides is 3. The van der Waals surface area contributed by atoms with Crippen molar-refractivity contribution in [3.05, 3.63) is 12.0 Å². The fraction of sp³-hybridized carbons (Fsp3) is 0.714. The standard InChI is InChI=1S/C14H19F3N4O2/c15-14(16,17)11-10-23-13(18-11)21-7-5-19(6-8-21)9-12(22)20-3-1-2-4-20/h10H,1-9H2. The lowest BCUT2D eigenvalue weighted by Gasteiger charge is -2.34. The molecule has 23 heavy (non-hydrogen) atoms. The highest BCUT2D eigenvalue weighted by atomic mass is 19.4. The summed E-state index contributed by atoms with van der Waals surface area (Å²) in [5.74, 6) is 0.131. The number of aromatic nitrogens is 1. The van der Waals surface area contributed by atoms with Crippen LogP contribution in [0.5, 0.6) is 0 Å². The van der Waals surface area contributed by atoms with E-state index in [0.29, 0.717) is 39.0 Å². The Bertz CT molecular complexity index is 546. The van der Waals surface area contributed by atoms with Gasteiger partial charge < -0.3 is 14.2 Å². The lowest BCUT2D eigenvalue weighted by Crippen LogP contribution is -2.50. The van der Waals surface area contributed by atoms with Gasteiger partial charge in [0, 0.05) is 39.3 Å². The van der Waals surface area contributed by atoms with Crippen molar-refractivity contribution < 1.29 is 22.4 Å². The molecule has 0 radical (unpaired) electrons. The number of hydrogen-bond acceptors (Lipinski definition) is 5. The molecule has 0 aromatic carbocycles. The zero-order valence-corrected chi connectivity index (χ0v) is 12.7. The highest BCUT2D eigenvalue weighted by Gasteiger charge is 2.36. The second kappa shape index (κ2) is 6.38. The first-order chi connectivity index (χ1) is 10.9. The number of anilines is 1. The van der Waals surface area contributed by atoms with Gasteiger partial charge in [0.15, 0.2) is 5.69 Å². The molecular formula is C14H19F3N4O2. The average molecular weight is 332 g/mol. The lowest BCUT2D eigenvalue weighted by atomic mass is 10.3. The Labute approximate surface area is 131 Å². The number of rotatable bonds is 3. The molecule has 2 aliphatic rings. The molecule has 0 atom stereocenters. The second-order valence-corrected chi connectivity index (χ2v) is 5.86. The molecule has 1 amide bonds. The first-order valence-electron chi connectivity index (χ1n) is 7.71. The third-order valence-electron chi connectivity index (χ3n) is 4.24. The van der Waals surface area contributed by atoms with Crippen molar-refractivity contribution >= 4 is 11.9 Å². The van der Waals surface area contributed by atoms with Crippen molar-refractivity contribution in [2.45, 2.75) is 19.0 Å². The van der Waals surface area contributed by atoms with Gasteiger partial charge in [0.25, 0.3) is 6.01 Å². The molecule has 0 bridgehead atoms. The molecule has 128 valence electrons. The van der Waals surface area contributed by atoms with Gasteiger partial charge in [-0.2, -0.15) is 18.2 Å². The molecule has 3 rings (SSSR count). The summed E-state index contributed by atoms with van der Waals surface area (Å²) in [6.07, 6.45) is -1.74. The van der Waals surface area contributed by atoms with Crippen LogP contribution in [0.3, 0.4) is 0 Å². The van der Waals surface area contributed by atoms with Crippen molar-refractivity contribution in [1.82, 2.24) is 14.8 Å². The first kappa shape index (κ1) is 16.1. The van der Waals surface area contributed by atoms with Crippen LogP contribution in [0.4, 0.5) is 19.2 Å². The minimum atomic E-state index is -4.49. The summed E-state index contributed by atoms with van der Waals surface area (Å²) in [4.78, 5) is 21.2. The highest BCUT2D eigenvalue weighted by molar-refractivity contribution is 5.78. The van der Waals surface area contributed by atoms with E-state index in [1.807, 2.05) is 9.80 Å². The fourth-order valence-corrected chi connectivity index (χ4v) is 2.89. The summed E-state index contributed by atoms with van der Waals surface area (Å²) in [7, 11) is 0. The number of nitrogens with zero attached hydrogens (tertiary/aromatic N) is 4. The third kappa shape index (κ3) is 3.77. The molecule has 6 nitrogen and oxygen atoms in total. The summed E-state index contributed by atoms with van der Waals surface area (Å²) in [6.45, 7) is 4.21. The maximum atomic E-state index is 12.5. The highest BCUT2D eigenvalue weighted by Crippen LogP contribution is 2.30. The number of hydrogen-bond donors (Lipinski definition) is 0. The normalized spacial score (nSPS) is 20.3. The van der Waals surface area contributed by atoms with Gasteiger partial charge in [-0.15, -0.1) is 0 Å². The predicted molar refractivity (Wildman–Crippen MR) is 76.0 cm³/mol. The van der Waals surface area contributed by atoms with E-state index in [9.17, 15) is 18.0 Å². The topological polar surface area (TPSA) is 52.8 Å². The van der Waals surface area contributed by atoms with Gasteiger partial charge in [0.2, 0.25) is 5.91 Å². The molecule has 0 spiro atoms. The fourth-order valence-electron chi connectivity index (χ4n) is 2.89. The average Bonchev–Trinajstić information content (AvgIpc) is 3.19. The Kier molecular flexibility index (Phi) is 4.47. The van der Waals surface area contributed by atoms with Gasteiger partial charge in [-0.3, -0.25) is 9.69 Å². The van der Waals surface area contributed by atoms with E-state index in [-0.39, 0.29) is 11.9 Å². The Morgan fingerprint density at radius 2 is 1.78 bits per heavy atom.